The maximum Gasteiger partial charge on any atom is 0.246 e. The van der Waals surface area contributed by atoms with Gasteiger partial charge in [0.25, 0.3) is 0 Å². The van der Waals surface area contributed by atoms with Crippen LogP contribution in [0.2, 0.25) is 0 Å². The van der Waals surface area contributed by atoms with Crippen molar-refractivity contribution in [2.75, 3.05) is 6.54 Å². The Bertz CT molecular complexity index is 445. The van der Waals surface area contributed by atoms with Gasteiger partial charge >= 0.3 is 0 Å². The topological polar surface area (TPSA) is 20.3 Å². The van der Waals surface area contributed by atoms with E-state index in [-0.39, 0.29) is 5.91 Å². The third kappa shape index (κ3) is 2.09. The van der Waals surface area contributed by atoms with Gasteiger partial charge in [0.05, 0.1) is 6.54 Å². The van der Waals surface area contributed by atoms with Gasteiger partial charge in [0, 0.05) is 16.3 Å². The van der Waals surface area contributed by atoms with Gasteiger partial charge in [0.1, 0.15) is 0 Å². The number of fused-ring (bicyclic) bond motifs is 1. The molecule has 3 heteroatoms. The number of allylic oxidation sites excluding steroid dienone is 1. The maximum atomic E-state index is 11.5. The number of amides is 1. The third-order valence-corrected chi connectivity index (χ3v) is 3.85. The van der Waals surface area contributed by atoms with Crippen molar-refractivity contribution in [1.29, 1.82) is 0 Å². The van der Waals surface area contributed by atoms with Gasteiger partial charge in [-0.05, 0) is 37.1 Å². The lowest BCUT2D eigenvalue weighted by atomic mass is 10.1. The van der Waals surface area contributed by atoms with Crippen LogP contribution in [0.5, 0.6) is 0 Å². The number of carbonyl (C=O) groups excluding carboxylic acids is 1. The maximum absolute atomic E-state index is 11.5. The van der Waals surface area contributed by atoms with E-state index in [9.17, 15) is 4.79 Å². The van der Waals surface area contributed by atoms with E-state index in [1.807, 2.05) is 17.9 Å². The number of thiophene rings is 1. The first kappa shape index (κ1) is 11.1. The Labute approximate surface area is 99.9 Å². The van der Waals surface area contributed by atoms with E-state index in [1.54, 1.807) is 11.3 Å². The predicted molar refractivity (Wildman–Crippen MR) is 68.3 cm³/mol. The minimum atomic E-state index is 0.0339. The monoisotopic (exact) mass is 233 g/mol. The van der Waals surface area contributed by atoms with Gasteiger partial charge in [-0.1, -0.05) is 12.7 Å². The minimum Gasteiger partial charge on any atom is -0.334 e. The van der Waals surface area contributed by atoms with Crippen molar-refractivity contribution in [2.24, 2.45) is 0 Å². The molecule has 0 saturated heterocycles. The average Bonchev–Trinajstić information content (AvgIpc) is 2.69. The standard InChI is InChI=1S/C13H15NOS/c1-3-5-11-8-10-6-7-14(13(15)4-2)9-12(10)16-11/h3-5,8H,2,6-7,9H2,1H3/b5-3+. The Hall–Kier alpha value is -1.35. The first-order valence-electron chi connectivity index (χ1n) is 5.40. The molecule has 1 aliphatic heterocycles. The number of hydrogen-bond donors (Lipinski definition) is 0. The number of nitrogens with zero attached hydrogens (tertiary/aromatic N) is 1. The SMILES string of the molecule is C=CC(=O)N1CCc2cc(/C=C/C)sc2C1. The zero-order valence-corrected chi connectivity index (χ0v) is 10.2. The molecule has 0 radical (unpaired) electrons. The summed E-state index contributed by atoms with van der Waals surface area (Å²) in [7, 11) is 0. The molecule has 0 atom stereocenters. The molecule has 0 aliphatic carbocycles. The first-order valence-corrected chi connectivity index (χ1v) is 6.22. The fourth-order valence-electron chi connectivity index (χ4n) is 1.91. The van der Waals surface area contributed by atoms with Gasteiger partial charge in [-0.15, -0.1) is 11.3 Å². The van der Waals surface area contributed by atoms with E-state index in [0.29, 0.717) is 0 Å². The van der Waals surface area contributed by atoms with Crippen molar-refractivity contribution >= 4 is 23.3 Å². The lowest BCUT2D eigenvalue weighted by molar-refractivity contribution is -0.126. The van der Waals surface area contributed by atoms with E-state index in [2.05, 4.69) is 18.7 Å². The summed E-state index contributed by atoms with van der Waals surface area (Å²) in [4.78, 5) is 16.0. The molecule has 1 aliphatic rings. The Balaban J connectivity index is 2.20. The van der Waals surface area contributed by atoms with Crippen molar-refractivity contribution in [3.8, 4) is 0 Å². The highest BCUT2D eigenvalue weighted by Crippen LogP contribution is 2.29. The zero-order valence-electron chi connectivity index (χ0n) is 9.40. The van der Waals surface area contributed by atoms with E-state index < -0.39 is 0 Å². The molecule has 0 spiro atoms. The lowest BCUT2D eigenvalue weighted by Gasteiger charge is -2.25. The summed E-state index contributed by atoms with van der Waals surface area (Å²) in [6.45, 7) is 7.10. The number of carbonyl (C=O) groups is 1. The molecule has 0 N–H and O–H groups in total. The molecule has 1 amide bonds. The molecule has 16 heavy (non-hydrogen) atoms. The molecule has 1 aromatic rings. The van der Waals surface area contributed by atoms with Crippen LogP contribution in [0, 0.1) is 0 Å². The second kappa shape index (κ2) is 4.66. The van der Waals surface area contributed by atoms with Crippen LogP contribution in [0.3, 0.4) is 0 Å². The van der Waals surface area contributed by atoms with Crippen LogP contribution in [0.4, 0.5) is 0 Å². The van der Waals surface area contributed by atoms with E-state index in [4.69, 9.17) is 0 Å². The number of rotatable bonds is 2. The molecule has 0 bridgehead atoms. The minimum absolute atomic E-state index is 0.0339. The molecular weight excluding hydrogens is 218 g/mol. The highest BCUT2D eigenvalue weighted by Gasteiger charge is 2.20. The summed E-state index contributed by atoms with van der Waals surface area (Å²) < 4.78 is 0. The quantitative estimate of drug-likeness (QED) is 0.719. The van der Waals surface area contributed by atoms with Crippen LogP contribution in [-0.4, -0.2) is 17.4 Å². The van der Waals surface area contributed by atoms with Gasteiger partial charge in [0.2, 0.25) is 5.91 Å². The van der Waals surface area contributed by atoms with Crippen LogP contribution in [-0.2, 0) is 17.8 Å². The Morgan fingerprint density at radius 3 is 3.12 bits per heavy atom. The molecule has 2 nitrogen and oxygen atoms in total. The largest absolute Gasteiger partial charge is 0.334 e. The summed E-state index contributed by atoms with van der Waals surface area (Å²) in [5, 5.41) is 0. The normalized spacial score (nSPS) is 15.2. The van der Waals surface area contributed by atoms with Crippen molar-refractivity contribution in [2.45, 2.75) is 19.9 Å². The first-order chi connectivity index (χ1) is 7.74. The fourth-order valence-corrected chi connectivity index (χ4v) is 3.11. The second-order valence-corrected chi connectivity index (χ2v) is 4.98. The highest BCUT2D eigenvalue weighted by molar-refractivity contribution is 7.13. The van der Waals surface area contributed by atoms with Crippen molar-refractivity contribution in [1.82, 2.24) is 4.90 Å². The third-order valence-electron chi connectivity index (χ3n) is 2.72. The van der Waals surface area contributed by atoms with Crippen LogP contribution in [0.25, 0.3) is 6.08 Å². The summed E-state index contributed by atoms with van der Waals surface area (Å²) in [5.74, 6) is 0.0339. The number of hydrogen-bond acceptors (Lipinski definition) is 2. The van der Waals surface area contributed by atoms with Gasteiger partial charge in [0.15, 0.2) is 0 Å². The van der Waals surface area contributed by atoms with Crippen molar-refractivity contribution < 1.29 is 4.79 Å². The molecule has 2 heterocycles. The molecule has 84 valence electrons. The van der Waals surface area contributed by atoms with E-state index >= 15 is 0 Å². The van der Waals surface area contributed by atoms with Gasteiger partial charge < -0.3 is 4.90 Å². The van der Waals surface area contributed by atoms with Gasteiger partial charge in [-0.2, -0.15) is 0 Å². The molecule has 2 rings (SSSR count). The molecule has 0 aromatic carbocycles. The van der Waals surface area contributed by atoms with Gasteiger partial charge in [-0.25, -0.2) is 0 Å². The van der Waals surface area contributed by atoms with Crippen LogP contribution < -0.4 is 0 Å². The van der Waals surface area contributed by atoms with Crippen molar-refractivity contribution in [3.05, 3.63) is 40.1 Å². The zero-order chi connectivity index (χ0) is 11.5. The molecule has 0 unspecified atom stereocenters. The van der Waals surface area contributed by atoms with E-state index in [1.165, 1.54) is 21.4 Å². The van der Waals surface area contributed by atoms with Gasteiger partial charge in [-0.3, -0.25) is 4.79 Å². The molecule has 0 fully saturated rings. The predicted octanol–water partition coefficient (Wildman–Crippen LogP) is 2.85. The smallest absolute Gasteiger partial charge is 0.246 e. The lowest BCUT2D eigenvalue weighted by Crippen LogP contribution is -2.33. The molecule has 1 aromatic heterocycles. The highest BCUT2D eigenvalue weighted by atomic mass is 32.1. The van der Waals surface area contributed by atoms with Crippen molar-refractivity contribution in [3.63, 3.8) is 0 Å². The Morgan fingerprint density at radius 1 is 1.62 bits per heavy atom. The van der Waals surface area contributed by atoms with Crippen LogP contribution in [0.15, 0.2) is 24.8 Å². The summed E-state index contributed by atoms with van der Waals surface area (Å²) in [6, 6.07) is 2.23. The summed E-state index contributed by atoms with van der Waals surface area (Å²) >= 11 is 1.78. The summed E-state index contributed by atoms with van der Waals surface area (Å²) in [5.41, 5.74) is 1.39. The van der Waals surface area contributed by atoms with Crippen LogP contribution >= 0.6 is 11.3 Å². The fraction of sp³-hybridized carbons (Fsp3) is 0.308. The van der Waals surface area contributed by atoms with Crippen LogP contribution in [0.1, 0.15) is 22.2 Å². The Morgan fingerprint density at radius 2 is 2.44 bits per heavy atom. The van der Waals surface area contributed by atoms with E-state index in [0.717, 1.165) is 19.5 Å². The summed E-state index contributed by atoms with van der Waals surface area (Å²) in [6.07, 6.45) is 6.51. The average molecular weight is 233 g/mol. The second-order valence-electron chi connectivity index (χ2n) is 3.81. The molecular formula is C13H15NOS. The Kier molecular flexibility index (Phi) is 3.25. The molecule has 0 saturated carbocycles.